The van der Waals surface area contributed by atoms with Gasteiger partial charge in [0, 0.05) is 24.6 Å². The maximum atomic E-state index is 14.8. The molecular weight excluding hydrogens is 619 g/mol. The molecule has 2 aromatic carbocycles. The fourth-order valence-electron chi connectivity index (χ4n) is 6.50. The summed E-state index contributed by atoms with van der Waals surface area (Å²) in [6.45, 7) is -0.502. The number of sulfone groups is 1. The molecule has 1 N–H and O–H groups in total. The van der Waals surface area contributed by atoms with Gasteiger partial charge < -0.3 is 10.0 Å². The lowest BCUT2D eigenvalue weighted by atomic mass is 9.81. The maximum Gasteiger partial charge on any atom is 0.435 e. The van der Waals surface area contributed by atoms with Crippen LogP contribution in [-0.2, 0) is 29.8 Å². The molecule has 1 amide bonds. The molecule has 240 valence electrons. The third-order valence-corrected chi connectivity index (χ3v) is 11.8. The number of carboxylic acids is 1. The SMILES string of the molecule is O=C(O)C1CCC(C(=O)N2CCC(c3ccc(C(F)(C(F)(F)F)C(F)(F)F)cc3)(S(=O)(=O)c3cccc(C4CC4)c3)C2)CC1. The Labute approximate surface area is 249 Å². The molecule has 1 unspecified atom stereocenters. The molecule has 44 heavy (non-hydrogen) atoms. The zero-order chi connectivity index (χ0) is 32.3. The molecular formula is C30H30F7NO5S. The highest BCUT2D eigenvalue weighted by molar-refractivity contribution is 7.92. The van der Waals surface area contributed by atoms with Crippen LogP contribution in [0.3, 0.4) is 0 Å². The van der Waals surface area contributed by atoms with Gasteiger partial charge in [-0.15, -0.1) is 0 Å². The van der Waals surface area contributed by atoms with E-state index >= 15 is 0 Å². The van der Waals surface area contributed by atoms with Crippen LogP contribution in [0.25, 0.3) is 0 Å². The molecule has 3 fully saturated rings. The molecule has 1 aliphatic heterocycles. The van der Waals surface area contributed by atoms with E-state index in [1.807, 2.05) is 0 Å². The number of halogens is 7. The Kier molecular flexibility index (Phi) is 8.08. The highest BCUT2D eigenvalue weighted by Gasteiger charge is 2.73. The molecule has 3 aliphatic rings. The first-order chi connectivity index (χ1) is 20.4. The second-order valence-electron chi connectivity index (χ2n) is 12.0. The predicted molar refractivity (Wildman–Crippen MR) is 143 cm³/mol. The van der Waals surface area contributed by atoms with E-state index in [4.69, 9.17) is 0 Å². The third-order valence-electron chi connectivity index (χ3n) is 9.29. The van der Waals surface area contributed by atoms with Crippen molar-refractivity contribution in [3.63, 3.8) is 0 Å². The van der Waals surface area contributed by atoms with Crippen LogP contribution in [0.15, 0.2) is 53.4 Å². The second-order valence-corrected chi connectivity index (χ2v) is 14.2. The average molecular weight is 650 g/mol. The first kappa shape index (κ1) is 32.2. The van der Waals surface area contributed by atoms with Crippen LogP contribution >= 0.6 is 0 Å². The molecule has 0 bridgehead atoms. The van der Waals surface area contributed by atoms with Crippen LogP contribution in [0, 0.1) is 11.8 Å². The van der Waals surface area contributed by atoms with Gasteiger partial charge in [-0.1, -0.05) is 36.4 Å². The number of carboxylic acid groups (broad SMARTS) is 1. The van der Waals surface area contributed by atoms with E-state index in [0.29, 0.717) is 12.1 Å². The van der Waals surface area contributed by atoms with Gasteiger partial charge >= 0.3 is 24.0 Å². The summed E-state index contributed by atoms with van der Waals surface area (Å²) in [6, 6.07) is 8.30. The van der Waals surface area contributed by atoms with Crippen molar-refractivity contribution in [2.24, 2.45) is 11.8 Å². The lowest BCUT2D eigenvalue weighted by Gasteiger charge is -2.33. The summed E-state index contributed by atoms with van der Waals surface area (Å²) in [5.74, 6) is -2.34. The third kappa shape index (κ3) is 5.36. The van der Waals surface area contributed by atoms with Crippen molar-refractivity contribution in [2.45, 2.75) is 78.5 Å². The van der Waals surface area contributed by atoms with Crippen LogP contribution in [0.1, 0.15) is 67.6 Å². The highest BCUT2D eigenvalue weighted by atomic mass is 32.2. The van der Waals surface area contributed by atoms with Crippen LogP contribution in [0.4, 0.5) is 30.7 Å². The average Bonchev–Trinajstić information content (AvgIpc) is 3.73. The van der Waals surface area contributed by atoms with Gasteiger partial charge in [0.15, 0.2) is 9.84 Å². The van der Waals surface area contributed by atoms with Crippen molar-refractivity contribution in [1.29, 1.82) is 0 Å². The first-order valence-electron chi connectivity index (χ1n) is 14.2. The number of nitrogens with zero attached hydrogens (tertiary/aromatic N) is 1. The molecule has 1 heterocycles. The summed E-state index contributed by atoms with van der Waals surface area (Å²) in [6.07, 6.45) is -10.1. The Morgan fingerprint density at radius 2 is 1.39 bits per heavy atom. The Morgan fingerprint density at radius 3 is 1.91 bits per heavy atom. The summed E-state index contributed by atoms with van der Waals surface area (Å²) in [7, 11) is -4.41. The Morgan fingerprint density at radius 1 is 0.818 bits per heavy atom. The Hall–Kier alpha value is -3.16. The van der Waals surface area contributed by atoms with Crippen LogP contribution in [0.5, 0.6) is 0 Å². The summed E-state index contributed by atoms with van der Waals surface area (Å²) >= 11 is 0. The molecule has 2 aliphatic carbocycles. The quantitative estimate of drug-likeness (QED) is 0.340. The number of alkyl halides is 7. The number of likely N-dealkylation sites (tertiary alicyclic amines) is 1. The lowest BCUT2D eigenvalue weighted by molar-refractivity contribution is -0.348. The van der Waals surface area contributed by atoms with Crippen molar-refractivity contribution < 1.29 is 53.8 Å². The molecule has 0 aromatic heterocycles. The van der Waals surface area contributed by atoms with E-state index in [-0.39, 0.29) is 55.0 Å². The summed E-state index contributed by atoms with van der Waals surface area (Å²) in [5.41, 5.74) is -6.83. The molecule has 1 atom stereocenters. The van der Waals surface area contributed by atoms with E-state index in [1.54, 1.807) is 12.1 Å². The maximum absolute atomic E-state index is 14.8. The number of rotatable bonds is 7. The fourth-order valence-corrected chi connectivity index (χ4v) is 8.63. The molecule has 2 aromatic rings. The number of hydrogen-bond acceptors (Lipinski definition) is 4. The second kappa shape index (κ2) is 11.0. The van der Waals surface area contributed by atoms with E-state index < -0.39 is 68.4 Å². The minimum Gasteiger partial charge on any atom is -0.481 e. The number of carbonyl (C=O) groups is 2. The minimum absolute atomic E-state index is 0.0703. The summed E-state index contributed by atoms with van der Waals surface area (Å²) in [5, 5.41) is 9.27. The first-order valence-corrected chi connectivity index (χ1v) is 15.7. The number of aliphatic carboxylic acids is 1. The predicted octanol–water partition coefficient (Wildman–Crippen LogP) is 6.65. The van der Waals surface area contributed by atoms with E-state index in [2.05, 4.69) is 0 Å². The molecule has 0 radical (unpaired) electrons. The van der Waals surface area contributed by atoms with Crippen molar-refractivity contribution in [3.05, 3.63) is 65.2 Å². The minimum atomic E-state index is -6.34. The van der Waals surface area contributed by atoms with Gasteiger partial charge in [-0.3, -0.25) is 9.59 Å². The van der Waals surface area contributed by atoms with Gasteiger partial charge in [-0.25, -0.2) is 12.8 Å². The van der Waals surface area contributed by atoms with Crippen molar-refractivity contribution in [2.75, 3.05) is 13.1 Å². The summed E-state index contributed by atoms with van der Waals surface area (Å²) < 4.78 is 122. The van der Waals surface area contributed by atoms with Gasteiger partial charge in [-0.2, -0.15) is 26.3 Å². The van der Waals surface area contributed by atoms with Crippen molar-refractivity contribution in [1.82, 2.24) is 4.90 Å². The van der Waals surface area contributed by atoms with Gasteiger partial charge in [0.1, 0.15) is 4.75 Å². The molecule has 5 rings (SSSR count). The topological polar surface area (TPSA) is 91.8 Å². The van der Waals surface area contributed by atoms with E-state index in [0.717, 1.165) is 30.5 Å². The number of benzene rings is 2. The van der Waals surface area contributed by atoms with Gasteiger partial charge in [0.2, 0.25) is 5.91 Å². The fraction of sp³-hybridized carbons (Fsp3) is 0.533. The van der Waals surface area contributed by atoms with E-state index in [9.17, 15) is 53.8 Å². The van der Waals surface area contributed by atoms with Crippen LogP contribution in [-0.4, -0.2) is 55.7 Å². The van der Waals surface area contributed by atoms with Crippen molar-refractivity contribution >= 4 is 21.7 Å². The largest absolute Gasteiger partial charge is 0.481 e. The molecule has 14 heteroatoms. The number of hydrogen-bond donors (Lipinski definition) is 1. The van der Waals surface area contributed by atoms with Crippen LogP contribution in [0.2, 0.25) is 0 Å². The standard InChI is InChI=1S/C30H30F7NO5S/c31-28(29(32,33)34,30(35,36)37)23-12-10-22(11-13-23)27(44(42,43)24-3-1-2-21(16-24)18-4-5-18)14-15-38(17-27)25(39)19-6-8-20(9-7-19)26(40)41/h1-3,10-13,16,18-20H,4-9,14-15,17H2,(H,40,41). The number of carbonyl (C=O) groups excluding carboxylic acids is 1. The Balaban J connectivity index is 1.54. The monoisotopic (exact) mass is 649 g/mol. The van der Waals surface area contributed by atoms with Crippen molar-refractivity contribution in [3.8, 4) is 0 Å². The van der Waals surface area contributed by atoms with Gasteiger partial charge in [-0.05, 0) is 74.1 Å². The lowest BCUT2D eigenvalue weighted by Crippen LogP contribution is -2.50. The summed E-state index contributed by atoms with van der Waals surface area (Å²) in [4.78, 5) is 26.0. The van der Waals surface area contributed by atoms with Gasteiger partial charge in [0.05, 0.1) is 10.8 Å². The zero-order valence-corrected chi connectivity index (χ0v) is 24.1. The highest BCUT2D eigenvalue weighted by Crippen LogP contribution is 2.54. The molecule has 2 saturated carbocycles. The number of amides is 1. The molecule has 0 spiro atoms. The van der Waals surface area contributed by atoms with Gasteiger partial charge in [0.25, 0.3) is 0 Å². The smallest absolute Gasteiger partial charge is 0.435 e. The van der Waals surface area contributed by atoms with Crippen LogP contribution < -0.4 is 0 Å². The normalized spacial score (nSPS) is 25.2. The van der Waals surface area contributed by atoms with E-state index in [1.165, 1.54) is 17.0 Å². The Bertz CT molecular complexity index is 1510. The molecule has 1 saturated heterocycles. The molecule has 6 nitrogen and oxygen atoms in total. The zero-order valence-electron chi connectivity index (χ0n) is 23.3.